The second kappa shape index (κ2) is 14.1. The highest BCUT2D eigenvalue weighted by Gasteiger charge is 2.23. The fourth-order valence-electron chi connectivity index (χ4n) is 4.48. The summed E-state index contributed by atoms with van der Waals surface area (Å²) in [6.45, 7) is 13.7. The molecule has 5 heteroatoms. The Labute approximate surface area is 225 Å². The van der Waals surface area contributed by atoms with Crippen LogP contribution in [0.2, 0.25) is 0 Å². The molecule has 0 atom stereocenters. The molecule has 0 heterocycles. The van der Waals surface area contributed by atoms with E-state index in [-0.39, 0.29) is 10.8 Å². The van der Waals surface area contributed by atoms with Crippen LogP contribution in [-0.2, 0) is 22.6 Å². The molecule has 0 aromatic heterocycles. The first-order chi connectivity index (χ1) is 16.5. The van der Waals surface area contributed by atoms with Crippen LogP contribution in [0, 0.1) is 0 Å². The molecule has 2 aromatic carbocycles. The highest BCUT2D eigenvalue weighted by Crippen LogP contribution is 2.53. The molecule has 0 saturated carbocycles. The van der Waals surface area contributed by atoms with E-state index < -0.39 is 5.84 Å². The van der Waals surface area contributed by atoms with Crippen LogP contribution in [0.4, 0.5) is 0 Å². The topological polar surface area (TPSA) is 18.5 Å². The van der Waals surface area contributed by atoms with Gasteiger partial charge in [-0.05, 0) is 70.3 Å². The summed E-state index contributed by atoms with van der Waals surface area (Å²) in [6.07, 6.45) is 12.6. The minimum absolute atomic E-state index is 0.134. The van der Waals surface area contributed by atoms with E-state index in [4.69, 9.17) is 32.1 Å². The molecule has 0 N–H and O–H groups in total. The molecule has 0 fully saturated rings. The molecule has 2 aromatic rings. The molecule has 0 amide bonds. The summed E-state index contributed by atoms with van der Waals surface area (Å²) >= 11 is 12.1. The Morgan fingerprint density at radius 3 is 1.29 bits per heavy atom. The van der Waals surface area contributed by atoms with Crippen LogP contribution in [-0.4, -0.2) is 0 Å². The van der Waals surface area contributed by atoms with E-state index in [1.165, 1.54) is 75.3 Å². The van der Waals surface area contributed by atoms with Gasteiger partial charge in [-0.25, -0.2) is 0 Å². The first-order valence-electron chi connectivity index (χ1n) is 13.4. The average Bonchev–Trinajstić information content (AvgIpc) is 2.80. The first-order valence-corrected chi connectivity index (χ1v) is 16.9. The molecule has 0 unspecified atom stereocenters. The Balaban J connectivity index is 1.94. The Kier molecular flexibility index (Phi) is 12.1. The van der Waals surface area contributed by atoms with Crippen molar-refractivity contribution in [3.63, 3.8) is 0 Å². The number of benzene rings is 2. The number of halogens is 1. The minimum atomic E-state index is -2.99. The lowest BCUT2D eigenvalue weighted by Gasteiger charge is -2.26. The molecule has 2 nitrogen and oxygen atoms in total. The van der Waals surface area contributed by atoms with Crippen LogP contribution >= 0.6 is 17.1 Å². The van der Waals surface area contributed by atoms with Gasteiger partial charge in [-0.2, -0.15) is 0 Å². The second-order valence-electron chi connectivity index (χ2n) is 11.1. The van der Waals surface area contributed by atoms with E-state index in [2.05, 4.69) is 65.8 Å². The number of hydrogen-bond donors (Lipinski definition) is 0. The Morgan fingerprint density at radius 2 is 0.971 bits per heavy atom. The monoisotopic (exact) mass is 536 g/mol. The Morgan fingerprint density at radius 1 is 0.629 bits per heavy atom. The van der Waals surface area contributed by atoms with Gasteiger partial charge >= 0.3 is 5.84 Å². The SMILES string of the molecule is CCCCCCC(C)(C)c1ccc(OP(=S)(Cl)Oc2ccc(C(C)(C)CCCCCC)cc2)cc1. The molecule has 0 saturated heterocycles. The largest absolute Gasteiger partial charge is 0.425 e. The zero-order valence-corrected chi connectivity index (χ0v) is 25.2. The maximum absolute atomic E-state index is 6.54. The lowest BCUT2D eigenvalue weighted by molar-refractivity contribution is 0.445. The molecule has 2 rings (SSSR count). The third-order valence-electron chi connectivity index (χ3n) is 7.01. The van der Waals surface area contributed by atoms with Crippen molar-refractivity contribution in [1.82, 2.24) is 0 Å². The molecule has 196 valence electrons. The van der Waals surface area contributed by atoms with Gasteiger partial charge in [0.15, 0.2) is 0 Å². The third-order valence-corrected chi connectivity index (χ3v) is 8.73. The summed E-state index contributed by atoms with van der Waals surface area (Å²) in [6, 6.07) is 16.3. The van der Waals surface area contributed by atoms with Gasteiger partial charge in [0.05, 0.1) is 0 Å². The van der Waals surface area contributed by atoms with Gasteiger partial charge in [-0.3, -0.25) is 0 Å². The van der Waals surface area contributed by atoms with E-state index in [1.807, 2.05) is 24.3 Å². The van der Waals surface area contributed by atoms with Crippen molar-refractivity contribution in [1.29, 1.82) is 0 Å². The van der Waals surface area contributed by atoms with Crippen LogP contribution < -0.4 is 9.05 Å². The Bertz CT molecular complexity index is 849. The maximum Gasteiger partial charge on any atom is 0.384 e. The van der Waals surface area contributed by atoms with E-state index in [0.29, 0.717) is 11.5 Å². The summed E-state index contributed by atoms with van der Waals surface area (Å²) < 4.78 is 11.9. The fourth-order valence-corrected chi connectivity index (χ4v) is 6.26. The van der Waals surface area contributed by atoms with Crippen LogP contribution in [0.5, 0.6) is 11.5 Å². The zero-order chi connectivity index (χ0) is 26.0. The normalized spacial score (nSPS) is 12.5. The molecular formula is C30H46ClO2PS. The van der Waals surface area contributed by atoms with Crippen LogP contribution in [0.15, 0.2) is 48.5 Å². The Hall–Kier alpha value is -1.02. The summed E-state index contributed by atoms with van der Waals surface area (Å²) in [5, 5.41) is 0. The highest BCUT2D eigenvalue weighted by molar-refractivity contribution is 8.22. The number of unbranched alkanes of at least 4 members (excludes halogenated alkanes) is 6. The predicted molar refractivity (Wildman–Crippen MR) is 158 cm³/mol. The number of rotatable bonds is 16. The smallest absolute Gasteiger partial charge is 0.384 e. The van der Waals surface area contributed by atoms with Crippen molar-refractivity contribution < 1.29 is 9.05 Å². The summed E-state index contributed by atoms with van der Waals surface area (Å²) in [7, 11) is 0. The molecule has 0 aliphatic rings. The minimum Gasteiger partial charge on any atom is -0.425 e. The molecule has 0 aliphatic heterocycles. The van der Waals surface area contributed by atoms with Gasteiger partial charge in [0.25, 0.3) is 0 Å². The molecule has 35 heavy (non-hydrogen) atoms. The van der Waals surface area contributed by atoms with Crippen molar-refractivity contribution >= 4 is 28.9 Å². The quantitative estimate of drug-likeness (QED) is 0.157. The number of hydrogen-bond acceptors (Lipinski definition) is 3. The van der Waals surface area contributed by atoms with Crippen molar-refractivity contribution in [2.75, 3.05) is 0 Å². The van der Waals surface area contributed by atoms with E-state index in [9.17, 15) is 0 Å². The van der Waals surface area contributed by atoms with Gasteiger partial charge in [0.1, 0.15) is 11.5 Å². The standard InChI is InChI=1S/C30H46ClO2PS/c1-7-9-11-13-23-29(3,4)25-15-19-27(20-16-25)32-34(31,35)33-28-21-17-26(18-22-28)30(5,6)24-14-12-10-8-2/h15-22H,7-14,23-24H2,1-6H3. The van der Waals surface area contributed by atoms with E-state index >= 15 is 0 Å². The van der Waals surface area contributed by atoms with E-state index in [1.54, 1.807) is 0 Å². The van der Waals surface area contributed by atoms with Crippen LogP contribution in [0.1, 0.15) is 117 Å². The lowest BCUT2D eigenvalue weighted by atomic mass is 9.80. The fraction of sp³-hybridized carbons (Fsp3) is 0.600. The second-order valence-corrected chi connectivity index (χ2v) is 15.7. The molecule has 0 bridgehead atoms. The lowest BCUT2D eigenvalue weighted by Crippen LogP contribution is -2.16. The van der Waals surface area contributed by atoms with Gasteiger partial charge < -0.3 is 9.05 Å². The third kappa shape index (κ3) is 10.5. The van der Waals surface area contributed by atoms with Crippen molar-refractivity contribution in [2.24, 2.45) is 0 Å². The van der Waals surface area contributed by atoms with E-state index in [0.717, 1.165) is 0 Å². The summed E-state index contributed by atoms with van der Waals surface area (Å²) in [5.41, 5.74) is 2.88. The van der Waals surface area contributed by atoms with Crippen LogP contribution in [0.25, 0.3) is 0 Å². The van der Waals surface area contributed by atoms with Gasteiger partial charge in [-0.15, -0.1) is 0 Å². The average molecular weight is 537 g/mol. The van der Waals surface area contributed by atoms with Gasteiger partial charge in [0.2, 0.25) is 0 Å². The molecule has 0 aliphatic carbocycles. The predicted octanol–water partition coefficient (Wildman–Crippen LogP) is 11.1. The maximum atomic E-state index is 6.54. The summed E-state index contributed by atoms with van der Waals surface area (Å²) in [5.74, 6) is -1.69. The highest BCUT2D eigenvalue weighted by atomic mass is 35.7. The molecule has 0 spiro atoms. The van der Waals surface area contributed by atoms with Crippen molar-refractivity contribution in [3.8, 4) is 11.5 Å². The first kappa shape index (κ1) is 30.2. The van der Waals surface area contributed by atoms with Crippen molar-refractivity contribution in [3.05, 3.63) is 59.7 Å². The zero-order valence-electron chi connectivity index (χ0n) is 22.7. The van der Waals surface area contributed by atoms with Gasteiger partial charge in [-0.1, -0.05) is 117 Å². The van der Waals surface area contributed by atoms with Crippen molar-refractivity contribution in [2.45, 2.75) is 117 Å². The molecular weight excluding hydrogens is 491 g/mol. The summed E-state index contributed by atoms with van der Waals surface area (Å²) in [4.78, 5) is 0. The van der Waals surface area contributed by atoms with Crippen LogP contribution in [0.3, 0.4) is 0 Å². The van der Waals surface area contributed by atoms with Gasteiger partial charge in [0, 0.05) is 11.8 Å². The molecule has 0 radical (unpaired) electrons.